The van der Waals surface area contributed by atoms with E-state index < -0.39 is 54.8 Å². The molecule has 0 aromatic rings. The highest BCUT2D eigenvalue weighted by molar-refractivity contribution is 5.88. The number of nitrogens with one attached hydrogen (secondary N) is 3. The summed E-state index contributed by atoms with van der Waals surface area (Å²) in [6.45, 7) is -0.506. The molecule has 0 aromatic heterocycles. The summed E-state index contributed by atoms with van der Waals surface area (Å²) in [5.41, 5.74) is 0. The van der Waals surface area contributed by atoms with Crippen LogP contribution in [0.15, 0.2) is 0 Å². The van der Waals surface area contributed by atoms with Crippen LogP contribution in [0.1, 0.15) is 6.42 Å². The van der Waals surface area contributed by atoms with Gasteiger partial charge in [-0.15, -0.1) is 0 Å². The zero-order valence-electron chi connectivity index (χ0n) is 12.8. The summed E-state index contributed by atoms with van der Waals surface area (Å²) in [6.07, 6.45) is -8.34. The van der Waals surface area contributed by atoms with E-state index in [0.29, 0.717) is 0 Å². The molecule has 2 amide bonds. The van der Waals surface area contributed by atoms with Gasteiger partial charge in [0.1, 0.15) is 12.2 Å². The van der Waals surface area contributed by atoms with E-state index in [1.807, 2.05) is 0 Å². The average Bonchev–Trinajstić information content (AvgIpc) is 2.54. The molecule has 8 N–H and O–H groups in total. The number of carboxylic acids is 1. The Morgan fingerprint density at radius 3 is 2.00 bits per heavy atom. The highest BCUT2D eigenvalue weighted by Gasteiger charge is 2.34. The average molecular weight is 337 g/mol. The molecule has 0 radical (unpaired) electrons. The minimum absolute atomic E-state index is 0.237. The van der Waals surface area contributed by atoms with Gasteiger partial charge in [0.25, 0.3) is 0 Å². The fourth-order valence-electron chi connectivity index (χ4n) is 1.66. The minimum Gasteiger partial charge on any atom is -0.479 e. The molecule has 0 aliphatic heterocycles. The Kier molecular flexibility index (Phi) is 9.29. The lowest BCUT2D eigenvalue weighted by Gasteiger charge is -2.25. The van der Waals surface area contributed by atoms with Gasteiger partial charge in [-0.1, -0.05) is 0 Å². The summed E-state index contributed by atoms with van der Waals surface area (Å²) in [4.78, 5) is 33.5. The van der Waals surface area contributed by atoms with Crippen LogP contribution in [0.4, 0.5) is 0 Å². The van der Waals surface area contributed by atoms with E-state index >= 15 is 0 Å². The zero-order valence-corrected chi connectivity index (χ0v) is 12.8. The molecule has 5 unspecified atom stereocenters. The Bertz CT molecular complexity index is 419. The summed E-state index contributed by atoms with van der Waals surface area (Å²) in [5, 5.41) is 53.2. The number of carboxylic acid groups (broad SMARTS) is 1. The van der Waals surface area contributed by atoms with Crippen molar-refractivity contribution in [3.05, 3.63) is 0 Å². The van der Waals surface area contributed by atoms with E-state index in [4.69, 9.17) is 10.2 Å². The van der Waals surface area contributed by atoms with E-state index in [-0.39, 0.29) is 6.42 Å². The van der Waals surface area contributed by atoms with E-state index in [2.05, 4.69) is 16.0 Å². The quantitative estimate of drug-likeness (QED) is 0.194. The second kappa shape index (κ2) is 10.1. The van der Waals surface area contributed by atoms with Crippen molar-refractivity contribution >= 4 is 17.8 Å². The largest absolute Gasteiger partial charge is 0.479 e. The Morgan fingerprint density at radius 1 is 1.00 bits per heavy atom. The van der Waals surface area contributed by atoms with E-state index in [1.54, 1.807) is 0 Å². The standard InChI is InChI=1S/C12H23N3O8/c1-13-5(11(21)14-2)3-7(17)15-4-6(16)8(18)9(19)10(20)12(22)23/h5-6,8-10,13,16,18-20H,3-4H2,1-2H3,(H,14,21)(H,15,17)(H,22,23). The highest BCUT2D eigenvalue weighted by atomic mass is 16.4. The number of carbonyl (C=O) groups is 3. The Hall–Kier alpha value is -1.79. The zero-order chi connectivity index (χ0) is 18.2. The predicted molar refractivity (Wildman–Crippen MR) is 76.2 cm³/mol. The number of aliphatic hydroxyl groups is 4. The first-order valence-electron chi connectivity index (χ1n) is 6.76. The molecule has 0 saturated heterocycles. The molecule has 0 saturated carbocycles. The lowest BCUT2D eigenvalue weighted by Crippen LogP contribution is -2.51. The SMILES string of the molecule is CNC(=O)C(CC(=O)NCC(O)C(O)C(O)C(O)C(=O)O)NC. The van der Waals surface area contributed by atoms with E-state index in [1.165, 1.54) is 14.1 Å². The molecule has 0 heterocycles. The number of likely N-dealkylation sites (N-methyl/N-ethyl adjacent to an activating group) is 2. The van der Waals surface area contributed by atoms with Crippen molar-refractivity contribution in [2.45, 2.75) is 36.9 Å². The number of aliphatic carboxylic acids is 1. The van der Waals surface area contributed by atoms with E-state index in [9.17, 15) is 29.7 Å². The first kappa shape index (κ1) is 21.2. The van der Waals surface area contributed by atoms with Gasteiger partial charge >= 0.3 is 5.97 Å². The summed E-state index contributed by atoms with van der Waals surface area (Å²) >= 11 is 0. The van der Waals surface area contributed by atoms with Crippen LogP contribution in [-0.2, 0) is 14.4 Å². The van der Waals surface area contributed by atoms with Crippen LogP contribution < -0.4 is 16.0 Å². The van der Waals surface area contributed by atoms with Crippen molar-refractivity contribution < 1.29 is 39.9 Å². The van der Waals surface area contributed by atoms with Crippen LogP contribution >= 0.6 is 0 Å². The van der Waals surface area contributed by atoms with Crippen LogP contribution in [0.5, 0.6) is 0 Å². The summed E-state index contributed by atoms with van der Waals surface area (Å²) in [5.74, 6) is -2.80. The van der Waals surface area contributed by atoms with Crippen LogP contribution in [0, 0.1) is 0 Å². The predicted octanol–water partition coefficient (Wildman–Crippen LogP) is -4.65. The Balaban J connectivity index is 4.41. The molecule has 0 aliphatic rings. The van der Waals surface area contributed by atoms with Crippen molar-refractivity contribution in [3.63, 3.8) is 0 Å². The second-order valence-corrected chi connectivity index (χ2v) is 4.80. The molecule has 134 valence electrons. The molecule has 0 bridgehead atoms. The van der Waals surface area contributed by atoms with Gasteiger partial charge in [-0.2, -0.15) is 0 Å². The number of hydrogen-bond donors (Lipinski definition) is 8. The second-order valence-electron chi connectivity index (χ2n) is 4.80. The first-order chi connectivity index (χ1) is 10.6. The van der Waals surface area contributed by atoms with Crippen LogP contribution in [0.25, 0.3) is 0 Å². The van der Waals surface area contributed by atoms with Crippen molar-refractivity contribution in [3.8, 4) is 0 Å². The molecule has 11 nitrogen and oxygen atoms in total. The van der Waals surface area contributed by atoms with Crippen LogP contribution in [-0.4, -0.2) is 94.4 Å². The van der Waals surface area contributed by atoms with Gasteiger partial charge in [0.2, 0.25) is 11.8 Å². The molecular weight excluding hydrogens is 314 g/mol. The molecule has 0 aromatic carbocycles. The van der Waals surface area contributed by atoms with Gasteiger partial charge in [0, 0.05) is 13.6 Å². The summed E-state index contributed by atoms with van der Waals surface area (Å²) in [6, 6.07) is -0.790. The lowest BCUT2D eigenvalue weighted by atomic mass is 10.0. The van der Waals surface area contributed by atoms with Crippen LogP contribution in [0.3, 0.4) is 0 Å². The molecule has 0 aliphatic carbocycles. The third-order valence-electron chi connectivity index (χ3n) is 3.13. The topological polar surface area (TPSA) is 188 Å². The maximum absolute atomic E-state index is 11.6. The van der Waals surface area contributed by atoms with Crippen molar-refractivity contribution in [2.24, 2.45) is 0 Å². The first-order valence-corrected chi connectivity index (χ1v) is 6.76. The maximum atomic E-state index is 11.6. The van der Waals surface area contributed by atoms with Gasteiger partial charge in [-0.05, 0) is 7.05 Å². The van der Waals surface area contributed by atoms with Gasteiger partial charge in [0.05, 0.1) is 18.6 Å². The lowest BCUT2D eigenvalue weighted by molar-refractivity contribution is -0.162. The molecule has 23 heavy (non-hydrogen) atoms. The molecule has 11 heteroatoms. The summed E-state index contributed by atoms with van der Waals surface area (Å²) < 4.78 is 0. The van der Waals surface area contributed by atoms with Crippen LogP contribution in [0.2, 0.25) is 0 Å². The maximum Gasteiger partial charge on any atom is 0.335 e. The van der Waals surface area contributed by atoms with E-state index in [0.717, 1.165) is 0 Å². The highest BCUT2D eigenvalue weighted by Crippen LogP contribution is 2.05. The van der Waals surface area contributed by atoms with Crippen molar-refractivity contribution in [1.29, 1.82) is 0 Å². The number of carbonyl (C=O) groups excluding carboxylic acids is 2. The number of aliphatic hydroxyl groups excluding tert-OH is 4. The molecule has 0 rings (SSSR count). The van der Waals surface area contributed by atoms with Gasteiger partial charge in [-0.3, -0.25) is 9.59 Å². The fraction of sp³-hybridized carbons (Fsp3) is 0.750. The monoisotopic (exact) mass is 337 g/mol. The van der Waals surface area contributed by atoms with Crippen molar-refractivity contribution in [2.75, 3.05) is 20.6 Å². The molecular formula is C12H23N3O8. The third kappa shape index (κ3) is 6.88. The Morgan fingerprint density at radius 2 is 1.57 bits per heavy atom. The normalized spacial score (nSPS) is 17.5. The fourth-order valence-corrected chi connectivity index (χ4v) is 1.66. The number of hydrogen-bond acceptors (Lipinski definition) is 8. The molecule has 0 fully saturated rings. The number of amides is 2. The van der Waals surface area contributed by atoms with Gasteiger partial charge < -0.3 is 41.5 Å². The van der Waals surface area contributed by atoms with Gasteiger partial charge in [-0.25, -0.2) is 4.79 Å². The smallest absolute Gasteiger partial charge is 0.335 e. The minimum atomic E-state index is -2.28. The van der Waals surface area contributed by atoms with Crippen molar-refractivity contribution in [1.82, 2.24) is 16.0 Å². The number of rotatable bonds is 10. The molecule has 5 atom stereocenters. The van der Waals surface area contributed by atoms with Gasteiger partial charge in [0.15, 0.2) is 6.10 Å². The Labute approximate surface area is 132 Å². The molecule has 0 spiro atoms. The third-order valence-corrected chi connectivity index (χ3v) is 3.13. The summed E-state index contributed by atoms with van der Waals surface area (Å²) in [7, 11) is 2.88.